The molecule has 1 aromatic heterocycles. The third-order valence-electron chi connectivity index (χ3n) is 4.01. The minimum Gasteiger partial charge on any atom is -0.478 e. The van der Waals surface area contributed by atoms with Crippen molar-refractivity contribution < 1.29 is 19.4 Å². The molecule has 1 heterocycles. The summed E-state index contributed by atoms with van der Waals surface area (Å²) in [4.78, 5) is 11.0. The Morgan fingerprint density at radius 3 is 2.50 bits per heavy atom. The summed E-state index contributed by atoms with van der Waals surface area (Å²) in [6, 6.07) is 16.0. The first-order valence-corrected chi connectivity index (χ1v) is 8.45. The fourth-order valence-electron chi connectivity index (χ4n) is 2.54. The molecule has 0 aliphatic rings. The van der Waals surface area contributed by atoms with E-state index in [1.54, 1.807) is 19.1 Å². The average molecular weight is 372 g/mol. The lowest BCUT2D eigenvalue weighted by Gasteiger charge is -2.07. The van der Waals surface area contributed by atoms with Crippen LogP contribution in [0.4, 0.5) is 5.69 Å². The molecule has 0 fully saturated rings. The molecule has 0 aliphatic heterocycles. The molecular formula is C20H18ClNO4. The largest absolute Gasteiger partial charge is 0.478 e. The highest BCUT2D eigenvalue weighted by atomic mass is 35.5. The first-order valence-electron chi connectivity index (χ1n) is 8.08. The zero-order valence-corrected chi connectivity index (χ0v) is 14.8. The van der Waals surface area contributed by atoms with E-state index in [1.807, 2.05) is 36.4 Å². The van der Waals surface area contributed by atoms with Gasteiger partial charge in [0.25, 0.3) is 0 Å². The summed E-state index contributed by atoms with van der Waals surface area (Å²) in [5.41, 5.74) is 2.55. The standard InChI is InChI=1S/C20H18ClNO4/c1-12(23)13-2-4-14(5-3-13)19-9-7-16(26-19)11-22-15-6-8-17(20(24)25)18(21)10-15/h2-10,12,22-23H,11H2,1H3,(H,24,25). The van der Waals surface area contributed by atoms with Gasteiger partial charge in [0.05, 0.1) is 23.2 Å². The normalized spacial score (nSPS) is 12.0. The van der Waals surface area contributed by atoms with Gasteiger partial charge in [-0.05, 0) is 42.8 Å². The maximum atomic E-state index is 11.0. The molecule has 0 radical (unpaired) electrons. The van der Waals surface area contributed by atoms with Gasteiger partial charge >= 0.3 is 5.97 Å². The zero-order valence-electron chi connectivity index (χ0n) is 14.1. The molecule has 1 atom stereocenters. The van der Waals surface area contributed by atoms with E-state index in [1.165, 1.54) is 6.07 Å². The first kappa shape index (κ1) is 18.0. The monoisotopic (exact) mass is 371 g/mol. The van der Waals surface area contributed by atoms with Crippen LogP contribution < -0.4 is 5.32 Å². The van der Waals surface area contributed by atoms with Gasteiger partial charge in [0.2, 0.25) is 0 Å². The second-order valence-electron chi connectivity index (χ2n) is 5.92. The molecule has 3 N–H and O–H groups in total. The van der Waals surface area contributed by atoms with Crippen molar-refractivity contribution in [2.75, 3.05) is 5.32 Å². The quantitative estimate of drug-likeness (QED) is 0.570. The number of aliphatic hydroxyl groups is 1. The lowest BCUT2D eigenvalue weighted by molar-refractivity contribution is 0.0697. The predicted octanol–water partition coefficient (Wildman–Crippen LogP) is 4.96. The van der Waals surface area contributed by atoms with E-state index >= 15 is 0 Å². The molecule has 3 aromatic rings. The number of hydrogen-bond donors (Lipinski definition) is 3. The van der Waals surface area contributed by atoms with Crippen molar-refractivity contribution in [1.29, 1.82) is 0 Å². The minimum atomic E-state index is -1.06. The van der Waals surface area contributed by atoms with Crippen LogP contribution in [0.1, 0.15) is 34.7 Å². The smallest absolute Gasteiger partial charge is 0.337 e. The molecule has 0 bridgehead atoms. The third-order valence-corrected chi connectivity index (χ3v) is 4.32. The van der Waals surface area contributed by atoms with Crippen molar-refractivity contribution in [3.05, 3.63) is 76.5 Å². The Hall–Kier alpha value is -2.76. The van der Waals surface area contributed by atoms with Crippen LogP contribution in [0.25, 0.3) is 11.3 Å². The van der Waals surface area contributed by atoms with Crippen LogP contribution in [0.2, 0.25) is 5.02 Å². The topological polar surface area (TPSA) is 82.7 Å². The number of rotatable bonds is 6. The Balaban J connectivity index is 1.67. The summed E-state index contributed by atoms with van der Waals surface area (Å²) in [5.74, 6) is 0.412. The Morgan fingerprint density at radius 1 is 1.15 bits per heavy atom. The highest BCUT2D eigenvalue weighted by Crippen LogP contribution is 2.25. The van der Waals surface area contributed by atoms with Crippen LogP contribution in [-0.4, -0.2) is 16.2 Å². The van der Waals surface area contributed by atoms with Gasteiger partial charge in [0, 0.05) is 11.3 Å². The minimum absolute atomic E-state index is 0.0677. The molecule has 2 aromatic carbocycles. The number of aromatic carboxylic acids is 1. The van der Waals surface area contributed by atoms with Crippen LogP contribution in [0, 0.1) is 0 Å². The number of carboxylic acids is 1. The molecule has 26 heavy (non-hydrogen) atoms. The van der Waals surface area contributed by atoms with Crippen LogP contribution >= 0.6 is 11.6 Å². The second-order valence-corrected chi connectivity index (χ2v) is 6.32. The van der Waals surface area contributed by atoms with E-state index in [9.17, 15) is 9.90 Å². The van der Waals surface area contributed by atoms with Gasteiger partial charge in [-0.1, -0.05) is 35.9 Å². The Kier molecular flexibility index (Phi) is 5.30. The van der Waals surface area contributed by atoms with Gasteiger partial charge in [0.15, 0.2) is 0 Å². The summed E-state index contributed by atoms with van der Waals surface area (Å²) in [7, 11) is 0. The van der Waals surface area contributed by atoms with Crippen LogP contribution in [0.3, 0.4) is 0 Å². The average Bonchev–Trinajstić information content (AvgIpc) is 3.09. The molecule has 134 valence electrons. The van der Waals surface area contributed by atoms with Crippen LogP contribution in [-0.2, 0) is 6.54 Å². The molecule has 5 nitrogen and oxygen atoms in total. The SMILES string of the molecule is CC(O)c1ccc(-c2ccc(CNc3ccc(C(=O)O)c(Cl)c3)o2)cc1. The first-order chi connectivity index (χ1) is 12.4. The van der Waals surface area contributed by atoms with E-state index in [2.05, 4.69) is 5.32 Å². The number of nitrogens with one attached hydrogen (secondary N) is 1. The molecule has 0 saturated carbocycles. The summed E-state index contributed by atoms with van der Waals surface area (Å²) < 4.78 is 5.83. The summed E-state index contributed by atoms with van der Waals surface area (Å²) in [6.45, 7) is 2.16. The molecule has 0 aliphatic carbocycles. The van der Waals surface area contributed by atoms with E-state index in [0.717, 1.165) is 22.6 Å². The number of halogens is 1. The van der Waals surface area contributed by atoms with Crippen molar-refractivity contribution in [3.63, 3.8) is 0 Å². The number of benzene rings is 2. The number of aliphatic hydroxyl groups excluding tert-OH is 1. The van der Waals surface area contributed by atoms with Crippen molar-refractivity contribution in [2.24, 2.45) is 0 Å². The van der Waals surface area contributed by atoms with Gasteiger partial charge in [0.1, 0.15) is 11.5 Å². The van der Waals surface area contributed by atoms with E-state index in [4.69, 9.17) is 21.1 Å². The molecule has 3 rings (SSSR count). The van der Waals surface area contributed by atoms with Gasteiger partial charge in [-0.2, -0.15) is 0 Å². The Morgan fingerprint density at radius 2 is 1.88 bits per heavy atom. The molecular weight excluding hydrogens is 354 g/mol. The Labute approximate surface area is 155 Å². The molecule has 1 unspecified atom stereocenters. The predicted molar refractivity (Wildman–Crippen MR) is 101 cm³/mol. The maximum absolute atomic E-state index is 11.0. The van der Waals surface area contributed by atoms with E-state index in [0.29, 0.717) is 12.2 Å². The summed E-state index contributed by atoms with van der Waals surface area (Å²) in [5, 5.41) is 21.9. The van der Waals surface area contributed by atoms with Gasteiger partial charge in [-0.3, -0.25) is 0 Å². The van der Waals surface area contributed by atoms with E-state index < -0.39 is 12.1 Å². The van der Waals surface area contributed by atoms with Crippen molar-refractivity contribution in [3.8, 4) is 11.3 Å². The fraction of sp³-hybridized carbons (Fsp3) is 0.150. The molecule has 0 saturated heterocycles. The number of carbonyl (C=O) groups is 1. The summed E-state index contributed by atoms with van der Waals surface area (Å²) >= 11 is 5.96. The number of furan rings is 1. The number of anilines is 1. The second kappa shape index (κ2) is 7.64. The van der Waals surface area contributed by atoms with Crippen LogP contribution in [0.5, 0.6) is 0 Å². The Bertz CT molecular complexity index is 916. The lowest BCUT2D eigenvalue weighted by atomic mass is 10.1. The van der Waals surface area contributed by atoms with Crippen molar-refractivity contribution >= 4 is 23.3 Å². The van der Waals surface area contributed by atoms with Crippen LogP contribution in [0.15, 0.2) is 59.0 Å². The van der Waals surface area contributed by atoms with E-state index in [-0.39, 0.29) is 10.6 Å². The van der Waals surface area contributed by atoms with Gasteiger partial charge < -0.3 is 19.9 Å². The molecule has 6 heteroatoms. The highest BCUT2D eigenvalue weighted by Gasteiger charge is 2.10. The lowest BCUT2D eigenvalue weighted by Crippen LogP contribution is -2.01. The van der Waals surface area contributed by atoms with Gasteiger partial charge in [-0.15, -0.1) is 0 Å². The van der Waals surface area contributed by atoms with Crippen molar-refractivity contribution in [1.82, 2.24) is 0 Å². The summed E-state index contributed by atoms with van der Waals surface area (Å²) in [6.07, 6.45) is -0.500. The molecule has 0 spiro atoms. The van der Waals surface area contributed by atoms with Gasteiger partial charge in [-0.25, -0.2) is 4.79 Å². The number of hydrogen-bond acceptors (Lipinski definition) is 4. The highest BCUT2D eigenvalue weighted by molar-refractivity contribution is 6.33. The maximum Gasteiger partial charge on any atom is 0.337 e. The number of carboxylic acid groups (broad SMARTS) is 1. The fourth-order valence-corrected chi connectivity index (χ4v) is 2.80. The third kappa shape index (κ3) is 4.07. The van der Waals surface area contributed by atoms with Crippen molar-refractivity contribution in [2.45, 2.75) is 19.6 Å². The zero-order chi connectivity index (χ0) is 18.7. The molecule has 0 amide bonds.